The van der Waals surface area contributed by atoms with E-state index in [1.54, 1.807) is 12.1 Å². The van der Waals surface area contributed by atoms with Gasteiger partial charge in [0.15, 0.2) is 0 Å². The third kappa shape index (κ3) is 5.89. The first-order valence-corrected chi connectivity index (χ1v) is 7.07. The van der Waals surface area contributed by atoms with E-state index in [9.17, 15) is 4.57 Å². The lowest BCUT2D eigenvalue weighted by Gasteiger charge is -2.16. The van der Waals surface area contributed by atoms with Crippen molar-refractivity contribution in [3.8, 4) is 0 Å². The van der Waals surface area contributed by atoms with Crippen molar-refractivity contribution in [2.45, 2.75) is 38.7 Å². The molecule has 1 rings (SSSR count). The summed E-state index contributed by atoms with van der Waals surface area (Å²) in [5.74, 6) is 0. The van der Waals surface area contributed by atoms with Gasteiger partial charge in [0.05, 0.1) is 5.69 Å². The van der Waals surface area contributed by atoms with Crippen LogP contribution in [0.2, 0.25) is 0 Å². The molecule has 0 spiro atoms. The standard InChI is InChI=1S/C10H17N2O4P/c1-2-3-4-7-10(16-17(13,14)15)9-6-5-8-11-12-9/h5-6,8,10H,2-4,7H2,1H3,(H2,13,14,15). The molecule has 96 valence electrons. The van der Waals surface area contributed by atoms with Crippen molar-refractivity contribution in [1.82, 2.24) is 10.2 Å². The largest absolute Gasteiger partial charge is 0.470 e. The lowest BCUT2D eigenvalue weighted by molar-refractivity contribution is 0.121. The van der Waals surface area contributed by atoms with E-state index in [1.807, 2.05) is 0 Å². The number of phosphoric acid groups is 1. The van der Waals surface area contributed by atoms with Gasteiger partial charge in [-0.25, -0.2) is 4.57 Å². The Labute approximate surface area is 100 Å². The first kappa shape index (κ1) is 14.3. The van der Waals surface area contributed by atoms with Gasteiger partial charge < -0.3 is 9.79 Å². The van der Waals surface area contributed by atoms with Crippen LogP contribution in [0, 0.1) is 0 Å². The topological polar surface area (TPSA) is 92.5 Å². The Morgan fingerprint density at radius 3 is 2.76 bits per heavy atom. The van der Waals surface area contributed by atoms with Crippen LogP contribution in [0.25, 0.3) is 0 Å². The zero-order chi connectivity index (χ0) is 12.7. The van der Waals surface area contributed by atoms with Gasteiger partial charge in [-0.15, -0.1) is 0 Å². The molecule has 0 saturated heterocycles. The number of unbranched alkanes of at least 4 members (excludes halogenated alkanes) is 2. The molecule has 1 unspecified atom stereocenters. The normalized spacial score (nSPS) is 13.6. The van der Waals surface area contributed by atoms with Crippen molar-refractivity contribution in [2.24, 2.45) is 0 Å². The van der Waals surface area contributed by atoms with E-state index in [2.05, 4.69) is 17.1 Å². The molecule has 1 heterocycles. The van der Waals surface area contributed by atoms with Gasteiger partial charge in [-0.3, -0.25) is 4.52 Å². The number of hydrogen-bond acceptors (Lipinski definition) is 4. The van der Waals surface area contributed by atoms with Crippen LogP contribution in [0.1, 0.15) is 44.4 Å². The predicted molar refractivity (Wildman–Crippen MR) is 62.0 cm³/mol. The van der Waals surface area contributed by atoms with Crippen molar-refractivity contribution >= 4 is 7.82 Å². The second-order valence-electron chi connectivity index (χ2n) is 3.73. The summed E-state index contributed by atoms with van der Waals surface area (Å²) in [5, 5.41) is 7.50. The zero-order valence-electron chi connectivity index (χ0n) is 9.69. The van der Waals surface area contributed by atoms with E-state index in [4.69, 9.17) is 14.3 Å². The Hall–Kier alpha value is -0.810. The maximum atomic E-state index is 10.9. The van der Waals surface area contributed by atoms with Gasteiger partial charge in [0, 0.05) is 6.20 Å². The Bertz CT molecular complexity index is 368. The van der Waals surface area contributed by atoms with Crippen molar-refractivity contribution in [3.05, 3.63) is 24.0 Å². The van der Waals surface area contributed by atoms with Crippen LogP contribution < -0.4 is 0 Å². The first-order chi connectivity index (χ1) is 8.03. The molecule has 7 heteroatoms. The molecule has 0 fully saturated rings. The molecular weight excluding hydrogens is 243 g/mol. The molecule has 1 atom stereocenters. The maximum Gasteiger partial charge on any atom is 0.470 e. The Kier molecular flexibility index (Phi) is 5.71. The molecular formula is C10H17N2O4P. The molecule has 0 bridgehead atoms. The summed E-state index contributed by atoms with van der Waals surface area (Å²) in [5.41, 5.74) is 0.451. The van der Waals surface area contributed by atoms with E-state index in [-0.39, 0.29) is 0 Å². The summed E-state index contributed by atoms with van der Waals surface area (Å²) in [7, 11) is -4.50. The highest BCUT2D eigenvalue weighted by Gasteiger charge is 2.24. The smallest absolute Gasteiger partial charge is 0.303 e. The number of aromatic nitrogens is 2. The van der Waals surface area contributed by atoms with Gasteiger partial charge in [0.25, 0.3) is 0 Å². The Balaban J connectivity index is 2.69. The van der Waals surface area contributed by atoms with E-state index in [1.165, 1.54) is 6.20 Å². The van der Waals surface area contributed by atoms with Crippen LogP contribution in [-0.2, 0) is 9.09 Å². The van der Waals surface area contributed by atoms with Crippen LogP contribution in [0.5, 0.6) is 0 Å². The second-order valence-corrected chi connectivity index (χ2v) is 4.92. The molecule has 0 radical (unpaired) electrons. The maximum absolute atomic E-state index is 10.9. The predicted octanol–water partition coefficient (Wildman–Crippen LogP) is 2.21. The average molecular weight is 260 g/mol. The molecule has 0 aliphatic heterocycles. The van der Waals surface area contributed by atoms with Crippen LogP contribution >= 0.6 is 7.82 Å². The molecule has 2 N–H and O–H groups in total. The third-order valence-electron chi connectivity index (χ3n) is 2.26. The zero-order valence-corrected chi connectivity index (χ0v) is 10.6. The lowest BCUT2D eigenvalue weighted by Crippen LogP contribution is -2.06. The van der Waals surface area contributed by atoms with Gasteiger partial charge in [-0.2, -0.15) is 10.2 Å². The van der Waals surface area contributed by atoms with Gasteiger partial charge in [0.1, 0.15) is 6.10 Å². The number of nitrogens with zero attached hydrogens (tertiary/aromatic N) is 2. The van der Waals surface area contributed by atoms with Crippen molar-refractivity contribution < 1.29 is 18.9 Å². The average Bonchev–Trinajstić information content (AvgIpc) is 2.28. The van der Waals surface area contributed by atoms with Crippen molar-refractivity contribution in [1.29, 1.82) is 0 Å². The molecule has 0 aliphatic carbocycles. The summed E-state index contributed by atoms with van der Waals surface area (Å²) < 4.78 is 15.6. The van der Waals surface area contributed by atoms with Crippen LogP contribution in [-0.4, -0.2) is 20.0 Å². The summed E-state index contributed by atoms with van der Waals surface area (Å²) in [6.07, 6.45) is 4.18. The van der Waals surface area contributed by atoms with Crippen molar-refractivity contribution in [3.63, 3.8) is 0 Å². The Morgan fingerprint density at radius 1 is 1.47 bits per heavy atom. The fourth-order valence-electron chi connectivity index (χ4n) is 1.49. The minimum atomic E-state index is -4.50. The first-order valence-electron chi connectivity index (χ1n) is 5.54. The lowest BCUT2D eigenvalue weighted by atomic mass is 10.1. The molecule has 17 heavy (non-hydrogen) atoms. The molecule has 0 amide bonds. The number of phosphoric ester groups is 1. The van der Waals surface area contributed by atoms with E-state index >= 15 is 0 Å². The fraction of sp³-hybridized carbons (Fsp3) is 0.600. The second kappa shape index (κ2) is 6.81. The van der Waals surface area contributed by atoms with Gasteiger partial charge in [0.2, 0.25) is 0 Å². The quantitative estimate of drug-likeness (QED) is 0.576. The Morgan fingerprint density at radius 2 is 2.24 bits per heavy atom. The van der Waals surface area contributed by atoms with Gasteiger partial charge in [-0.1, -0.05) is 26.2 Å². The molecule has 0 saturated carbocycles. The summed E-state index contributed by atoms with van der Waals surface area (Å²) in [6.45, 7) is 2.06. The summed E-state index contributed by atoms with van der Waals surface area (Å²) in [4.78, 5) is 17.7. The SMILES string of the molecule is CCCCCC(OP(=O)(O)O)c1cccnn1. The third-order valence-corrected chi connectivity index (χ3v) is 2.79. The van der Waals surface area contributed by atoms with Gasteiger partial charge in [-0.05, 0) is 18.6 Å². The number of rotatable bonds is 7. The van der Waals surface area contributed by atoms with E-state index in [0.29, 0.717) is 12.1 Å². The highest BCUT2D eigenvalue weighted by Crippen LogP contribution is 2.43. The minimum absolute atomic E-state index is 0.451. The number of hydrogen-bond donors (Lipinski definition) is 2. The monoisotopic (exact) mass is 260 g/mol. The molecule has 1 aromatic rings. The minimum Gasteiger partial charge on any atom is -0.303 e. The summed E-state index contributed by atoms with van der Waals surface area (Å²) >= 11 is 0. The molecule has 6 nitrogen and oxygen atoms in total. The highest BCUT2D eigenvalue weighted by atomic mass is 31.2. The van der Waals surface area contributed by atoms with Crippen LogP contribution in [0.3, 0.4) is 0 Å². The molecule has 0 aromatic carbocycles. The molecule has 0 aliphatic rings. The van der Waals surface area contributed by atoms with E-state index in [0.717, 1.165) is 19.3 Å². The highest BCUT2D eigenvalue weighted by molar-refractivity contribution is 7.46. The summed E-state index contributed by atoms with van der Waals surface area (Å²) in [6, 6.07) is 3.32. The fourth-order valence-corrected chi connectivity index (χ4v) is 2.03. The van der Waals surface area contributed by atoms with Crippen LogP contribution in [0.15, 0.2) is 18.3 Å². The van der Waals surface area contributed by atoms with Crippen LogP contribution in [0.4, 0.5) is 0 Å². The molecule has 1 aromatic heterocycles. The van der Waals surface area contributed by atoms with E-state index < -0.39 is 13.9 Å². The van der Waals surface area contributed by atoms with Crippen molar-refractivity contribution in [2.75, 3.05) is 0 Å². The van der Waals surface area contributed by atoms with Gasteiger partial charge >= 0.3 is 7.82 Å².